The molecular weight excluding hydrogens is 435 g/mol. The Hall–Kier alpha value is 0.0930. The maximum absolute atomic E-state index is 4.06. The van der Waals surface area contributed by atoms with E-state index in [4.69, 9.17) is 0 Å². The van der Waals surface area contributed by atoms with Crippen molar-refractivity contribution in [1.29, 1.82) is 0 Å². The van der Waals surface area contributed by atoms with Crippen molar-refractivity contribution in [1.82, 2.24) is 10.2 Å². The minimum Gasteiger partial charge on any atom is -0.426 e. The Balaban J connectivity index is 0. The molecule has 0 aliphatic carbocycles. The van der Waals surface area contributed by atoms with Crippen molar-refractivity contribution < 1.29 is 29.9 Å². The molecule has 0 aromatic heterocycles. The fraction of sp³-hybridized carbons (Fsp3) is 0.615. The molecule has 99 valence electrons. The third-order valence-electron chi connectivity index (χ3n) is 2.24. The molecule has 0 bridgehead atoms. The van der Waals surface area contributed by atoms with Gasteiger partial charge >= 0.3 is 0 Å². The second-order valence-corrected chi connectivity index (χ2v) is 3.36. The molecular formula is C13H24N3Np-3. The van der Waals surface area contributed by atoms with Crippen molar-refractivity contribution >= 4 is 5.87 Å². The summed E-state index contributed by atoms with van der Waals surface area (Å²) in [6.45, 7) is 15.6. The number of hydrogen-bond acceptors (Lipinski definition) is 3. The van der Waals surface area contributed by atoms with Crippen molar-refractivity contribution in [3.8, 4) is 0 Å². The van der Waals surface area contributed by atoms with Gasteiger partial charge in [-0.25, -0.2) is 5.87 Å². The van der Waals surface area contributed by atoms with Crippen molar-refractivity contribution in [3.63, 3.8) is 0 Å². The first-order valence-corrected chi connectivity index (χ1v) is 5.99. The first kappa shape index (κ1) is 19.4. The molecule has 1 N–H and O–H groups in total. The van der Waals surface area contributed by atoms with Crippen LogP contribution in [0.1, 0.15) is 33.1 Å². The predicted octanol–water partition coefficient (Wildman–Crippen LogP) is 2.43. The molecule has 1 aliphatic rings. The number of nitrogens with zero attached hydrogens (tertiary/aromatic N) is 2. The van der Waals surface area contributed by atoms with Gasteiger partial charge in [0, 0.05) is 36.5 Å². The molecule has 0 saturated heterocycles. The van der Waals surface area contributed by atoms with Gasteiger partial charge in [0.1, 0.15) is 0 Å². The summed E-state index contributed by atoms with van der Waals surface area (Å²) in [5.41, 5.74) is 1.03. The average Bonchev–Trinajstić information content (AvgIpc) is 2.38. The Morgan fingerprint density at radius 1 is 1.47 bits per heavy atom. The molecule has 0 saturated carbocycles. The Kier molecular flexibility index (Phi) is 16.2. The van der Waals surface area contributed by atoms with Crippen molar-refractivity contribution in [2.75, 3.05) is 19.8 Å². The van der Waals surface area contributed by atoms with Gasteiger partial charge in [0.05, 0.1) is 6.67 Å². The van der Waals surface area contributed by atoms with Crippen LogP contribution < -0.4 is 5.32 Å². The van der Waals surface area contributed by atoms with Gasteiger partial charge < -0.3 is 29.1 Å². The first-order valence-electron chi connectivity index (χ1n) is 5.99. The van der Waals surface area contributed by atoms with Crippen LogP contribution in [-0.2, 0) is 0 Å². The van der Waals surface area contributed by atoms with Crippen LogP contribution in [0, 0.1) is 50.3 Å². The van der Waals surface area contributed by atoms with E-state index < -0.39 is 0 Å². The number of aliphatic imine (C=N–C) groups is 1. The van der Waals surface area contributed by atoms with Crippen LogP contribution in [0.5, 0.6) is 0 Å². The maximum atomic E-state index is 4.06. The van der Waals surface area contributed by atoms with E-state index in [-0.39, 0.29) is 29.9 Å². The smallest absolute Gasteiger partial charge is 0.0641 e. The standard InChI is InChI=1S/C11H19N3.C2H5.Np/c1-3-5-6-7-14(4-2)11-8-12-10-13-9-11;1-2;/h8,12H,2-7,10H2,1H3;1H2,2H3;/q-2;-1;. The van der Waals surface area contributed by atoms with Crippen LogP contribution in [0.3, 0.4) is 0 Å². The van der Waals surface area contributed by atoms with E-state index in [0.717, 1.165) is 18.8 Å². The monoisotopic (exact) mass is 458 g/mol. The van der Waals surface area contributed by atoms with Gasteiger partial charge in [0.15, 0.2) is 0 Å². The van der Waals surface area contributed by atoms with E-state index in [1.165, 1.54) is 19.3 Å². The van der Waals surface area contributed by atoms with Gasteiger partial charge in [-0.3, -0.25) is 0 Å². The topological polar surface area (TPSA) is 27.6 Å². The molecule has 4 heteroatoms. The van der Waals surface area contributed by atoms with Gasteiger partial charge in [-0.15, -0.1) is 13.1 Å². The number of rotatable bonds is 6. The van der Waals surface area contributed by atoms with Gasteiger partial charge in [-0.05, 0) is 6.42 Å². The molecule has 0 unspecified atom stereocenters. The predicted molar refractivity (Wildman–Crippen MR) is 70.7 cm³/mol. The molecule has 0 spiro atoms. The van der Waals surface area contributed by atoms with Gasteiger partial charge in [0.25, 0.3) is 0 Å². The zero-order valence-electron chi connectivity index (χ0n) is 11.1. The van der Waals surface area contributed by atoms with Crippen LogP contribution in [0.2, 0.25) is 0 Å². The second-order valence-electron chi connectivity index (χ2n) is 3.36. The van der Waals surface area contributed by atoms with Crippen LogP contribution in [0.4, 0.5) is 0 Å². The summed E-state index contributed by atoms with van der Waals surface area (Å²) in [5, 5.41) is 3.08. The second kappa shape index (κ2) is 14.2. The molecule has 1 radical (unpaired) electrons. The summed E-state index contributed by atoms with van der Waals surface area (Å²) in [6.07, 6.45) is 3.74. The first-order chi connectivity index (χ1) is 7.88. The van der Waals surface area contributed by atoms with Crippen LogP contribution in [0.15, 0.2) is 10.7 Å². The Morgan fingerprint density at radius 3 is 2.65 bits per heavy atom. The Morgan fingerprint density at radius 2 is 2.18 bits per heavy atom. The van der Waals surface area contributed by atoms with Gasteiger partial charge in [0.2, 0.25) is 0 Å². The molecule has 0 aromatic rings. The Labute approximate surface area is 129 Å². The SMILES string of the molecule is [CH2-]C.[CH2-]CN(CCCCC)C1=C=NCN[CH-]1.[Np]. The van der Waals surface area contributed by atoms with E-state index in [2.05, 4.69) is 41.9 Å². The van der Waals surface area contributed by atoms with E-state index in [9.17, 15) is 0 Å². The quantitative estimate of drug-likeness (QED) is 0.488. The maximum Gasteiger partial charge on any atom is 0.0641 e. The van der Waals surface area contributed by atoms with Crippen LogP contribution in [-0.4, -0.2) is 30.5 Å². The molecule has 0 fully saturated rings. The van der Waals surface area contributed by atoms with E-state index in [0.29, 0.717) is 6.67 Å². The third kappa shape index (κ3) is 8.77. The number of unbranched alkanes of at least 4 members (excludes halogenated alkanes) is 2. The molecule has 1 aliphatic heterocycles. The van der Waals surface area contributed by atoms with Crippen molar-refractivity contribution in [3.05, 3.63) is 26.1 Å². The van der Waals surface area contributed by atoms with E-state index in [1.54, 1.807) is 6.92 Å². The van der Waals surface area contributed by atoms with Gasteiger partial charge in [-0.2, -0.15) is 6.92 Å². The van der Waals surface area contributed by atoms with Crippen molar-refractivity contribution in [2.45, 2.75) is 33.1 Å². The zero-order valence-corrected chi connectivity index (χ0v) is 14.8. The number of hydrogen-bond donors (Lipinski definition) is 1. The Bertz CT molecular complexity index is 223. The minimum atomic E-state index is 0. The normalized spacial score (nSPS) is 12.6. The van der Waals surface area contributed by atoms with Crippen LogP contribution in [0.25, 0.3) is 0 Å². The summed E-state index contributed by atoms with van der Waals surface area (Å²) in [7, 11) is 0. The summed E-state index contributed by atoms with van der Waals surface area (Å²) < 4.78 is 0. The van der Waals surface area contributed by atoms with E-state index >= 15 is 0 Å². The fourth-order valence-corrected chi connectivity index (χ4v) is 1.41. The zero-order chi connectivity index (χ0) is 12.2. The molecule has 0 amide bonds. The summed E-state index contributed by atoms with van der Waals surface area (Å²) in [4.78, 5) is 6.26. The minimum absolute atomic E-state index is 0. The fourth-order valence-electron chi connectivity index (χ4n) is 1.41. The summed E-state index contributed by atoms with van der Waals surface area (Å²) in [6, 6.07) is 0. The molecule has 0 aromatic carbocycles. The molecule has 1 heterocycles. The van der Waals surface area contributed by atoms with Crippen LogP contribution >= 0.6 is 0 Å². The molecule has 3 nitrogen and oxygen atoms in total. The number of nitrogens with one attached hydrogen (secondary N) is 1. The largest absolute Gasteiger partial charge is 0.426 e. The molecule has 1 rings (SSSR count). The summed E-state index contributed by atoms with van der Waals surface area (Å²) >= 11 is 0. The third-order valence-corrected chi connectivity index (χ3v) is 2.24. The van der Waals surface area contributed by atoms with E-state index in [1.807, 2.05) is 6.54 Å². The summed E-state index contributed by atoms with van der Waals surface area (Å²) in [5.74, 6) is 3.01. The van der Waals surface area contributed by atoms with Gasteiger partial charge in [-0.1, -0.05) is 25.5 Å². The van der Waals surface area contributed by atoms with Crippen molar-refractivity contribution in [2.24, 2.45) is 4.99 Å². The molecule has 0 atom stereocenters. The molecule has 17 heavy (non-hydrogen) atoms. The average molecular weight is 459 g/mol.